The van der Waals surface area contributed by atoms with Crippen molar-refractivity contribution in [1.82, 2.24) is 0 Å². The molecule has 0 aromatic rings. The molecule has 0 bridgehead atoms. The summed E-state index contributed by atoms with van der Waals surface area (Å²) in [5.74, 6) is 0.662. The van der Waals surface area contributed by atoms with Crippen LogP contribution in [-0.2, 0) is 19.5 Å². The Labute approximate surface area is 178 Å². The Balaban J connectivity index is 0. The summed E-state index contributed by atoms with van der Waals surface area (Å²) in [6.07, 6.45) is 19.8. The summed E-state index contributed by atoms with van der Waals surface area (Å²) in [6, 6.07) is 0.0833. The van der Waals surface area contributed by atoms with Gasteiger partial charge in [-0.15, -0.1) is 6.04 Å². The van der Waals surface area contributed by atoms with Crippen molar-refractivity contribution in [2.45, 2.75) is 125 Å². The van der Waals surface area contributed by atoms with Gasteiger partial charge in [0.1, 0.15) is 0 Å². The summed E-state index contributed by atoms with van der Waals surface area (Å²) in [7, 11) is 0. The molecule has 0 fully saturated rings. The first-order chi connectivity index (χ1) is 12.0. The van der Waals surface area contributed by atoms with Gasteiger partial charge in [0.25, 0.3) is 0 Å². The summed E-state index contributed by atoms with van der Waals surface area (Å²) in [6.45, 7) is 12.9. The van der Waals surface area contributed by atoms with E-state index in [-0.39, 0.29) is 25.5 Å². The van der Waals surface area contributed by atoms with E-state index in [0.29, 0.717) is 5.92 Å². The number of hydrogen-bond donors (Lipinski definition) is 0. The van der Waals surface area contributed by atoms with Gasteiger partial charge in [-0.25, -0.2) is 5.57 Å². The molecular formula is C24H45NRu. The van der Waals surface area contributed by atoms with E-state index in [1.807, 2.05) is 13.8 Å². The van der Waals surface area contributed by atoms with E-state index in [0.717, 1.165) is 0 Å². The van der Waals surface area contributed by atoms with Gasteiger partial charge in [-0.3, -0.25) is 6.08 Å². The Morgan fingerprint density at radius 3 is 1.77 bits per heavy atom. The zero-order valence-corrected chi connectivity index (χ0v) is 20.2. The second-order valence-electron chi connectivity index (χ2n) is 7.79. The van der Waals surface area contributed by atoms with Gasteiger partial charge in [0.05, 0.1) is 0 Å². The number of hydrogen-bond acceptors (Lipinski definition) is 0. The third-order valence-corrected chi connectivity index (χ3v) is 4.73. The Bertz CT molecular complexity index is 379. The molecule has 154 valence electrons. The van der Waals surface area contributed by atoms with Crippen molar-refractivity contribution in [3.8, 4) is 0 Å². The maximum absolute atomic E-state index is 6.58. The summed E-state index contributed by atoms with van der Waals surface area (Å²) < 4.78 is 0. The minimum atomic E-state index is 0. The van der Waals surface area contributed by atoms with Crippen molar-refractivity contribution in [1.29, 1.82) is 0 Å². The Morgan fingerprint density at radius 1 is 0.808 bits per heavy atom. The van der Waals surface area contributed by atoms with Crippen LogP contribution >= 0.6 is 0 Å². The van der Waals surface area contributed by atoms with Gasteiger partial charge in [-0.1, -0.05) is 118 Å². The second kappa shape index (κ2) is 18.4. The average molecular weight is 449 g/mol. The maximum Gasteiger partial charge on any atom is 2.00 e. The molecule has 1 atom stereocenters. The molecule has 0 saturated heterocycles. The van der Waals surface area contributed by atoms with Crippen LogP contribution in [0.1, 0.15) is 119 Å². The van der Waals surface area contributed by atoms with E-state index in [4.69, 9.17) is 5.73 Å². The van der Waals surface area contributed by atoms with E-state index >= 15 is 0 Å². The zero-order chi connectivity index (χ0) is 19.1. The van der Waals surface area contributed by atoms with Crippen molar-refractivity contribution in [3.05, 3.63) is 28.5 Å². The minimum absolute atomic E-state index is 0. The molecular weight excluding hydrogens is 403 g/mol. The third-order valence-electron chi connectivity index (χ3n) is 4.73. The maximum atomic E-state index is 6.58. The van der Waals surface area contributed by atoms with E-state index < -0.39 is 0 Å². The average Bonchev–Trinajstić information content (AvgIpc) is 2.90. The van der Waals surface area contributed by atoms with Crippen LogP contribution in [0.15, 0.2) is 16.7 Å². The summed E-state index contributed by atoms with van der Waals surface area (Å²) in [4.78, 5) is 0. The molecule has 1 nitrogen and oxygen atoms in total. The van der Waals surface area contributed by atoms with Crippen LogP contribution in [0, 0.1) is 12.0 Å². The zero-order valence-electron chi connectivity index (χ0n) is 18.5. The molecule has 1 rings (SSSR count). The number of rotatable bonds is 12. The summed E-state index contributed by atoms with van der Waals surface area (Å²) >= 11 is 0. The first kappa shape index (κ1) is 28.3. The molecule has 1 unspecified atom stereocenters. The van der Waals surface area contributed by atoms with E-state index in [9.17, 15) is 0 Å². The van der Waals surface area contributed by atoms with Crippen LogP contribution in [0.2, 0.25) is 0 Å². The molecule has 0 aliphatic heterocycles. The molecule has 0 aromatic carbocycles. The molecule has 2 heteroatoms. The van der Waals surface area contributed by atoms with Crippen molar-refractivity contribution in [2.75, 3.05) is 0 Å². The Hall–Kier alpha value is 0.0634. The predicted octanol–water partition coefficient (Wildman–Crippen LogP) is 8.85. The minimum Gasteiger partial charge on any atom is -0.675 e. The largest absolute Gasteiger partial charge is 2.00 e. The monoisotopic (exact) mass is 449 g/mol. The number of unbranched alkanes of at least 4 members (excludes halogenated alkanes) is 4. The van der Waals surface area contributed by atoms with Crippen molar-refractivity contribution in [3.63, 3.8) is 0 Å². The van der Waals surface area contributed by atoms with E-state index in [1.165, 1.54) is 77.0 Å². The fraction of sp³-hybridized carbons (Fsp3) is 0.833. The van der Waals surface area contributed by atoms with Gasteiger partial charge in [0.2, 0.25) is 0 Å². The van der Waals surface area contributed by atoms with Gasteiger partial charge in [0, 0.05) is 0 Å². The van der Waals surface area contributed by atoms with Gasteiger partial charge in [0.15, 0.2) is 0 Å². The summed E-state index contributed by atoms with van der Waals surface area (Å²) in [5.41, 5.74) is 11.7. The number of nitrogens with one attached hydrogen (secondary N) is 1. The Morgan fingerprint density at radius 2 is 1.27 bits per heavy atom. The van der Waals surface area contributed by atoms with Gasteiger partial charge >= 0.3 is 19.5 Å². The fourth-order valence-corrected chi connectivity index (χ4v) is 3.38. The van der Waals surface area contributed by atoms with Crippen LogP contribution in [0.4, 0.5) is 0 Å². The Kier molecular flexibility index (Phi) is 20.0. The van der Waals surface area contributed by atoms with Crippen LogP contribution in [0.5, 0.6) is 0 Å². The van der Waals surface area contributed by atoms with Crippen molar-refractivity contribution >= 4 is 0 Å². The smallest absolute Gasteiger partial charge is 0.675 e. The molecule has 26 heavy (non-hydrogen) atoms. The molecule has 0 radical (unpaired) electrons. The SMILES string of the molecule is CC(C)[NH-].CCCCC1=[C-]C(CCCC)C(CCCC)=C1CCCC.[Ru+2]. The van der Waals surface area contributed by atoms with Gasteiger partial charge in [-0.05, 0) is 6.42 Å². The van der Waals surface area contributed by atoms with E-state index in [2.05, 4.69) is 33.8 Å². The predicted molar refractivity (Wildman–Crippen MR) is 115 cm³/mol. The van der Waals surface area contributed by atoms with Gasteiger partial charge < -0.3 is 5.73 Å². The fourth-order valence-electron chi connectivity index (χ4n) is 3.38. The van der Waals surface area contributed by atoms with Crippen LogP contribution < -0.4 is 0 Å². The van der Waals surface area contributed by atoms with Crippen LogP contribution in [0.3, 0.4) is 0 Å². The van der Waals surface area contributed by atoms with Gasteiger partial charge in [-0.2, -0.15) is 11.1 Å². The molecule has 1 N–H and O–H groups in total. The normalized spacial score (nSPS) is 16.3. The topological polar surface area (TPSA) is 23.8 Å². The molecule has 0 amide bonds. The second-order valence-corrected chi connectivity index (χ2v) is 7.79. The summed E-state index contributed by atoms with van der Waals surface area (Å²) in [5, 5.41) is 0. The molecule has 1 aliphatic carbocycles. The first-order valence-electron chi connectivity index (χ1n) is 11.1. The molecule has 0 saturated carbocycles. The first-order valence-corrected chi connectivity index (χ1v) is 11.1. The molecule has 0 spiro atoms. The molecule has 0 heterocycles. The number of allylic oxidation sites excluding steroid dienone is 4. The van der Waals surface area contributed by atoms with Crippen LogP contribution in [0.25, 0.3) is 5.73 Å². The van der Waals surface area contributed by atoms with Crippen molar-refractivity contribution < 1.29 is 19.5 Å². The van der Waals surface area contributed by atoms with Crippen LogP contribution in [-0.4, -0.2) is 6.04 Å². The molecule has 1 aliphatic rings. The molecule has 0 aromatic heterocycles. The standard InChI is InChI=1S/C21H37.C3H8N.Ru/c1-5-9-13-18-17-19(14-10-6-2)21(16-12-8-4)20(18)15-11-7-3;1-3(2)4;/h18H,5-16H2,1-4H3;3-4H,1-2H3;/q2*-1;+2. The van der Waals surface area contributed by atoms with Crippen molar-refractivity contribution in [2.24, 2.45) is 5.92 Å². The van der Waals surface area contributed by atoms with E-state index in [1.54, 1.807) is 16.7 Å². The quantitative estimate of drug-likeness (QED) is 0.210. The third kappa shape index (κ3) is 12.5.